The molecule has 6 heteroatoms. The summed E-state index contributed by atoms with van der Waals surface area (Å²) >= 11 is 0. The monoisotopic (exact) mass is 417 g/mol. The Balaban J connectivity index is 1.43. The van der Waals surface area contributed by atoms with Crippen LogP contribution in [0.5, 0.6) is 0 Å². The molecule has 0 spiro atoms. The maximum absolute atomic E-state index is 10.2. The number of hydrogen-bond donors (Lipinski definition) is 3. The predicted octanol–water partition coefficient (Wildman–Crippen LogP) is 3.96. The second-order valence-electron chi connectivity index (χ2n) is 9.19. The van der Waals surface area contributed by atoms with Gasteiger partial charge in [-0.15, -0.1) is 6.42 Å². The van der Waals surface area contributed by atoms with Crippen molar-refractivity contribution in [2.75, 3.05) is 17.2 Å². The van der Waals surface area contributed by atoms with E-state index in [2.05, 4.69) is 82.4 Å². The summed E-state index contributed by atoms with van der Waals surface area (Å²) in [5.41, 5.74) is 3.06. The standard InChI is InChI=1S/C25H31N5O/c1-5-17-15-27-24(29-23(17)28-19-10-11-22(31)25(2,3)14-19)26-13-12-18-16-30(4)21-9-7-6-8-20(18)21/h1,6-9,15-16,19,22,31H,10-14H2,2-4H3,(H2,26,27,28,29)/t19-,22+/m1/s1. The normalized spacial score (nSPS) is 20.4. The van der Waals surface area contributed by atoms with Gasteiger partial charge in [0, 0.05) is 36.7 Å². The van der Waals surface area contributed by atoms with Gasteiger partial charge in [-0.1, -0.05) is 38.0 Å². The first-order valence-electron chi connectivity index (χ1n) is 10.9. The second kappa shape index (κ2) is 8.60. The van der Waals surface area contributed by atoms with Crippen LogP contribution >= 0.6 is 0 Å². The molecule has 162 valence electrons. The Morgan fingerprint density at radius 3 is 2.87 bits per heavy atom. The lowest BCUT2D eigenvalue weighted by atomic mass is 9.73. The highest BCUT2D eigenvalue weighted by molar-refractivity contribution is 5.83. The largest absolute Gasteiger partial charge is 0.393 e. The van der Waals surface area contributed by atoms with Crippen LogP contribution in [0.4, 0.5) is 11.8 Å². The van der Waals surface area contributed by atoms with E-state index in [-0.39, 0.29) is 17.6 Å². The lowest BCUT2D eigenvalue weighted by Gasteiger charge is -2.40. The molecule has 2 heterocycles. The van der Waals surface area contributed by atoms with Crippen molar-refractivity contribution in [1.29, 1.82) is 0 Å². The van der Waals surface area contributed by atoms with E-state index in [0.29, 0.717) is 17.3 Å². The van der Waals surface area contributed by atoms with Gasteiger partial charge in [0.15, 0.2) is 0 Å². The zero-order valence-electron chi connectivity index (χ0n) is 18.5. The van der Waals surface area contributed by atoms with Gasteiger partial charge in [0.05, 0.1) is 17.9 Å². The average Bonchev–Trinajstić information content (AvgIpc) is 3.07. The number of terminal acetylenes is 1. The molecule has 1 saturated carbocycles. The number of nitrogens with zero attached hydrogens (tertiary/aromatic N) is 3. The second-order valence-corrected chi connectivity index (χ2v) is 9.19. The third kappa shape index (κ3) is 4.52. The summed E-state index contributed by atoms with van der Waals surface area (Å²) in [4.78, 5) is 9.05. The SMILES string of the molecule is C#Cc1cnc(NCCc2cn(C)c3ccccc23)nc1N[C@@H]1CC[C@H](O)C(C)(C)C1. The van der Waals surface area contributed by atoms with Gasteiger partial charge in [-0.25, -0.2) is 4.98 Å². The maximum Gasteiger partial charge on any atom is 0.224 e. The molecule has 31 heavy (non-hydrogen) atoms. The van der Waals surface area contributed by atoms with Crippen LogP contribution < -0.4 is 10.6 Å². The number of nitrogens with one attached hydrogen (secondary N) is 2. The third-order valence-electron chi connectivity index (χ3n) is 6.41. The molecule has 0 amide bonds. The van der Waals surface area contributed by atoms with Gasteiger partial charge < -0.3 is 20.3 Å². The van der Waals surface area contributed by atoms with Crippen molar-refractivity contribution in [3.63, 3.8) is 0 Å². The lowest BCUT2D eigenvalue weighted by molar-refractivity contribution is 0.00926. The molecule has 0 saturated heterocycles. The fourth-order valence-electron chi connectivity index (χ4n) is 4.56. The molecule has 0 unspecified atom stereocenters. The van der Waals surface area contributed by atoms with Gasteiger partial charge in [-0.05, 0) is 42.7 Å². The summed E-state index contributed by atoms with van der Waals surface area (Å²) in [6.45, 7) is 4.94. The fraction of sp³-hybridized carbons (Fsp3) is 0.440. The van der Waals surface area contributed by atoms with Crippen LogP contribution in [0.25, 0.3) is 10.9 Å². The van der Waals surface area contributed by atoms with Crippen molar-refractivity contribution in [2.45, 2.75) is 51.7 Å². The number of aliphatic hydroxyl groups excluding tert-OH is 1. The molecule has 0 radical (unpaired) electrons. The van der Waals surface area contributed by atoms with Crippen LogP contribution in [0.3, 0.4) is 0 Å². The van der Waals surface area contributed by atoms with Gasteiger partial charge >= 0.3 is 0 Å². The Morgan fingerprint density at radius 1 is 1.29 bits per heavy atom. The molecule has 1 aliphatic carbocycles. The van der Waals surface area contributed by atoms with Crippen LogP contribution in [0.1, 0.15) is 44.2 Å². The third-order valence-corrected chi connectivity index (χ3v) is 6.41. The molecule has 4 rings (SSSR count). The average molecular weight is 418 g/mol. The van der Waals surface area contributed by atoms with Crippen molar-refractivity contribution >= 4 is 22.7 Å². The number of benzene rings is 1. The lowest BCUT2D eigenvalue weighted by Crippen LogP contribution is -2.41. The van der Waals surface area contributed by atoms with Crippen molar-refractivity contribution in [3.8, 4) is 12.3 Å². The Bertz CT molecular complexity index is 1110. The topological polar surface area (TPSA) is 75.0 Å². The minimum Gasteiger partial charge on any atom is -0.393 e. The summed E-state index contributed by atoms with van der Waals surface area (Å²) in [5.74, 6) is 3.93. The van der Waals surface area contributed by atoms with Gasteiger partial charge in [0.2, 0.25) is 5.95 Å². The molecule has 3 N–H and O–H groups in total. The molecule has 3 aromatic rings. The molecule has 0 aliphatic heterocycles. The van der Waals surface area contributed by atoms with Crippen molar-refractivity contribution in [1.82, 2.24) is 14.5 Å². The van der Waals surface area contributed by atoms with Crippen molar-refractivity contribution in [2.24, 2.45) is 12.5 Å². The first-order chi connectivity index (χ1) is 14.9. The number of rotatable bonds is 6. The van der Waals surface area contributed by atoms with E-state index in [1.165, 1.54) is 16.5 Å². The van der Waals surface area contributed by atoms with E-state index in [0.717, 1.165) is 32.2 Å². The van der Waals surface area contributed by atoms with Crippen LogP contribution in [-0.2, 0) is 13.5 Å². The Morgan fingerprint density at radius 2 is 2.10 bits per heavy atom. The molecule has 0 bridgehead atoms. The van der Waals surface area contributed by atoms with Crippen molar-refractivity contribution < 1.29 is 5.11 Å². The first-order valence-corrected chi connectivity index (χ1v) is 10.9. The Labute approximate surface area is 184 Å². The quantitative estimate of drug-likeness (QED) is 0.530. The van der Waals surface area contributed by atoms with E-state index in [9.17, 15) is 5.11 Å². The molecular weight excluding hydrogens is 386 g/mol. The number of hydrogen-bond acceptors (Lipinski definition) is 5. The number of para-hydroxylation sites is 1. The van der Waals surface area contributed by atoms with Crippen LogP contribution in [-0.4, -0.2) is 38.3 Å². The highest BCUT2D eigenvalue weighted by Crippen LogP contribution is 2.37. The number of aliphatic hydroxyl groups is 1. The Hall–Kier alpha value is -3.04. The summed E-state index contributed by atoms with van der Waals surface area (Å²) in [6.07, 6.45) is 12.7. The maximum atomic E-state index is 10.2. The van der Waals surface area contributed by atoms with Gasteiger partial charge in [0.25, 0.3) is 0 Å². The molecule has 2 atom stereocenters. The van der Waals surface area contributed by atoms with Gasteiger partial charge in [-0.3, -0.25) is 0 Å². The zero-order valence-corrected chi connectivity index (χ0v) is 18.5. The minimum atomic E-state index is -0.269. The Kier molecular flexibility index (Phi) is 5.88. The number of fused-ring (bicyclic) bond motifs is 1. The van der Waals surface area contributed by atoms with E-state index in [4.69, 9.17) is 6.42 Å². The first kappa shape index (κ1) is 21.2. The highest BCUT2D eigenvalue weighted by Gasteiger charge is 2.35. The van der Waals surface area contributed by atoms with E-state index >= 15 is 0 Å². The van der Waals surface area contributed by atoms with Crippen LogP contribution in [0.15, 0.2) is 36.7 Å². The van der Waals surface area contributed by atoms with E-state index in [1.54, 1.807) is 6.20 Å². The van der Waals surface area contributed by atoms with Crippen LogP contribution in [0.2, 0.25) is 0 Å². The molecule has 6 nitrogen and oxygen atoms in total. The zero-order chi connectivity index (χ0) is 22.0. The van der Waals surface area contributed by atoms with Gasteiger partial charge in [-0.2, -0.15) is 4.98 Å². The molecule has 1 fully saturated rings. The van der Waals surface area contributed by atoms with Crippen LogP contribution in [0, 0.1) is 17.8 Å². The molecule has 2 aromatic heterocycles. The molecule has 1 aromatic carbocycles. The summed E-state index contributed by atoms with van der Waals surface area (Å²) in [7, 11) is 2.07. The number of anilines is 2. The van der Waals surface area contributed by atoms with E-state index in [1.807, 2.05) is 0 Å². The molecular formula is C25H31N5O. The fourth-order valence-corrected chi connectivity index (χ4v) is 4.56. The minimum absolute atomic E-state index is 0.126. The number of aromatic nitrogens is 3. The molecule has 1 aliphatic rings. The number of aryl methyl sites for hydroxylation is 1. The summed E-state index contributed by atoms with van der Waals surface area (Å²) in [5, 5.41) is 18.3. The van der Waals surface area contributed by atoms with Crippen molar-refractivity contribution in [3.05, 3.63) is 47.8 Å². The summed E-state index contributed by atoms with van der Waals surface area (Å²) < 4.78 is 2.16. The predicted molar refractivity (Wildman–Crippen MR) is 126 cm³/mol. The van der Waals surface area contributed by atoms with E-state index < -0.39 is 0 Å². The summed E-state index contributed by atoms with van der Waals surface area (Å²) in [6, 6.07) is 8.66. The smallest absolute Gasteiger partial charge is 0.224 e. The van der Waals surface area contributed by atoms with Gasteiger partial charge in [0.1, 0.15) is 5.82 Å². The highest BCUT2D eigenvalue weighted by atomic mass is 16.3.